The molecular formula is C14H16BrNO5. The van der Waals surface area contributed by atoms with E-state index >= 15 is 0 Å². The fourth-order valence-corrected chi connectivity index (χ4v) is 2.34. The predicted molar refractivity (Wildman–Crippen MR) is 78.2 cm³/mol. The van der Waals surface area contributed by atoms with E-state index in [1.165, 1.54) is 4.90 Å². The van der Waals surface area contributed by atoms with Gasteiger partial charge in [0.1, 0.15) is 5.75 Å². The summed E-state index contributed by atoms with van der Waals surface area (Å²) in [4.78, 5) is 24.8. The van der Waals surface area contributed by atoms with Crippen molar-refractivity contribution in [2.45, 2.75) is 19.1 Å². The summed E-state index contributed by atoms with van der Waals surface area (Å²) in [5.41, 5.74) is 0. The van der Waals surface area contributed by atoms with Gasteiger partial charge < -0.3 is 19.5 Å². The molecule has 0 aromatic heterocycles. The van der Waals surface area contributed by atoms with Crippen LogP contribution in [0.3, 0.4) is 0 Å². The Morgan fingerprint density at radius 2 is 2.10 bits per heavy atom. The minimum atomic E-state index is -1.07. The van der Waals surface area contributed by atoms with Crippen LogP contribution in [-0.4, -0.2) is 53.8 Å². The quantitative estimate of drug-likeness (QED) is 0.884. The third-order valence-corrected chi connectivity index (χ3v) is 3.70. The molecule has 21 heavy (non-hydrogen) atoms. The van der Waals surface area contributed by atoms with Crippen molar-refractivity contribution in [3.8, 4) is 5.75 Å². The summed E-state index contributed by atoms with van der Waals surface area (Å²) >= 11 is 3.32. The van der Waals surface area contributed by atoms with Gasteiger partial charge in [-0.25, -0.2) is 4.79 Å². The van der Waals surface area contributed by atoms with Crippen LogP contribution in [0.25, 0.3) is 0 Å². The van der Waals surface area contributed by atoms with Gasteiger partial charge in [0.25, 0.3) is 5.91 Å². The van der Waals surface area contributed by atoms with Crippen LogP contribution in [0.2, 0.25) is 0 Å². The molecule has 2 rings (SSSR count). The van der Waals surface area contributed by atoms with Gasteiger partial charge in [-0.15, -0.1) is 0 Å². The summed E-state index contributed by atoms with van der Waals surface area (Å²) < 4.78 is 11.6. The normalized spacial score (nSPS) is 19.9. The van der Waals surface area contributed by atoms with Gasteiger partial charge in [0, 0.05) is 11.0 Å². The van der Waals surface area contributed by atoms with Gasteiger partial charge in [0.2, 0.25) is 0 Å². The zero-order valence-corrected chi connectivity index (χ0v) is 13.1. The minimum Gasteiger partial charge on any atom is -0.481 e. The number of carbonyl (C=O) groups is 2. The largest absolute Gasteiger partial charge is 0.481 e. The molecule has 1 saturated heterocycles. The molecule has 1 heterocycles. The van der Waals surface area contributed by atoms with Crippen molar-refractivity contribution in [3.05, 3.63) is 28.7 Å². The van der Waals surface area contributed by atoms with E-state index in [1.807, 2.05) is 0 Å². The van der Waals surface area contributed by atoms with E-state index in [1.54, 1.807) is 31.2 Å². The number of aliphatic carboxylic acids is 1. The molecule has 1 N–H and O–H groups in total. The molecule has 0 spiro atoms. The molecule has 2 atom stereocenters. The van der Waals surface area contributed by atoms with Crippen LogP contribution in [0, 0.1) is 0 Å². The number of carboxylic acid groups (broad SMARTS) is 1. The maximum absolute atomic E-state index is 12.4. The highest BCUT2D eigenvalue weighted by Crippen LogP contribution is 2.18. The molecule has 1 aliphatic heterocycles. The lowest BCUT2D eigenvalue weighted by Gasteiger charge is -2.34. The van der Waals surface area contributed by atoms with Crippen LogP contribution in [-0.2, 0) is 14.3 Å². The first-order valence-corrected chi connectivity index (χ1v) is 7.31. The number of carboxylic acids is 1. The second kappa shape index (κ2) is 6.91. The molecule has 0 bridgehead atoms. The van der Waals surface area contributed by atoms with Crippen LogP contribution < -0.4 is 4.74 Å². The second-order valence-corrected chi connectivity index (χ2v) is 5.59. The fourth-order valence-electron chi connectivity index (χ4n) is 2.07. The number of hydrogen-bond donors (Lipinski definition) is 1. The number of ether oxygens (including phenoxy) is 2. The Balaban J connectivity index is 2.03. The average Bonchev–Trinajstić information content (AvgIpc) is 2.48. The maximum atomic E-state index is 12.4. The zero-order valence-electron chi connectivity index (χ0n) is 11.5. The summed E-state index contributed by atoms with van der Waals surface area (Å²) in [5.74, 6) is -0.869. The van der Waals surface area contributed by atoms with Crippen molar-refractivity contribution < 1.29 is 24.2 Å². The summed E-state index contributed by atoms with van der Waals surface area (Å²) in [5, 5.41) is 9.14. The van der Waals surface area contributed by atoms with E-state index in [4.69, 9.17) is 14.6 Å². The number of hydrogen-bond acceptors (Lipinski definition) is 4. The summed E-state index contributed by atoms with van der Waals surface area (Å²) in [6.07, 6.45) is -0.758. The molecule has 6 nitrogen and oxygen atoms in total. The number of carbonyl (C=O) groups excluding carboxylic acids is 1. The van der Waals surface area contributed by atoms with Crippen molar-refractivity contribution in [1.82, 2.24) is 4.90 Å². The number of nitrogens with zero attached hydrogens (tertiary/aromatic N) is 1. The van der Waals surface area contributed by atoms with Crippen molar-refractivity contribution >= 4 is 27.8 Å². The van der Waals surface area contributed by atoms with E-state index in [0.717, 1.165) is 4.47 Å². The smallest absolute Gasteiger partial charge is 0.328 e. The zero-order chi connectivity index (χ0) is 15.4. The number of rotatable bonds is 4. The summed E-state index contributed by atoms with van der Waals surface area (Å²) in [6.45, 7) is 2.20. The third-order valence-electron chi connectivity index (χ3n) is 3.17. The van der Waals surface area contributed by atoms with Gasteiger partial charge >= 0.3 is 5.97 Å². The molecule has 2 unspecified atom stereocenters. The van der Waals surface area contributed by atoms with Crippen LogP contribution in [0.15, 0.2) is 28.7 Å². The van der Waals surface area contributed by atoms with Crippen molar-refractivity contribution in [2.75, 3.05) is 19.8 Å². The first-order valence-electron chi connectivity index (χ1n) is 6.52. The monoisotopic (exact) mass is 357 g/mol. The van der Waals surface area contributed by atoms with Crippen LogP contribution in [0.1, 0.15) is 6.92 Å². The lowest BCUT2D eigenvalue weighted by atomic mass is 10.2. The number of benzene rings is 1. The highest BCUT2D eigenvalue weighted by Gasteiger charge is 2.35. The van der Waals surface area contributed by atoms with Gasteiger partial charge in [0.05, 0.1) is 13.2 Å². The standard InChI is InChI=1S/C14H16BrNO5/c1-9(21-11-4-2-10(15)3-5-11)13(17)16-6-7-20-8-12(16)14(18)19/h2-5,9,12H,6-8H2,1H3,(H,18,19). The first kappa shape index (κ1) is 15.8. The van der Waals surface area contributed by atoms with E-state index in [-0.39, 0.29) is 19.1 Å². The molecule has 1 aromatic carbocycles. The Morgan fingerprint density at radius 3 is 2.71 bits per heavy atom. The molecule has 1 fully saturated rings. The van der Waals surface area contributed by atoms with Crippen LogP contribution in [0.5, 0.6) is 5.75 Å². The minimum absolute atomic E-state index is 0.00603. The Morgan fingerprint density at radius 1 is 1.43 bits per heavy atom. The van der Waals surface area contributed by atoms with Gasteiger partial charge in [0.15, 0.2) is 12.1 Å². The SMILES string of the molecule is CC(Oc1ccc(Br)cc1)C(=O)N1CCOCC1C(=O)O. The molecule has 114 valence electrons. The molecule has 0 aliphatic carbocycles. The third kappa shape index (κ3) is 3.95. The van der Waals surface area contributed by atoms with Crippen LogP contribution >= 0.6 is 15.9 Å². The molecule has 0 radical (unpaired) electrons. The van der Waals surface area contributed by atoms with Crippen molar-refractivity contribution in [3.63, 3.8) is 0 Å². The number of amides is 1. The van der Waals surface area contributed by atoms with Gasteiger partial charge in [-0.3, -0.25) is 4.79 Å². The lowest BCUT2D eigenvalue weighted by molar-refractivity contribution is -0.161. The average molecular weight is 358 g/mol. The first-order chi connectivity index (χ1) is 9.99. The summed E-state index contributed by atoms with van der Waals surface area (Å²) in [7, 11) is 0. The molecular weight excluding hydrogens is 342 g/mol. The Kier molecular flexibility index (Phi) is 5.19. The second-order valence-electron chi connectivity index (χ2n) is 4.67. The molecule has 1 amide bonds. The predicted octanol–water partition coefficient (Wildman–Crippen LogP) is 1.53. The lowest BCUT2D eigenvalue weighted by Crippen LogP contribution is -2.55. The molecule has 1 aliphatic rings. The summed E-state index contributed by atoms with van der Waals surface area (Å²) in [6, 6.07) is 6.13. The highest BCUT2D eigenvalue weighted by atomic mass is 79.9. The topological polar surface area (TPSA) is 76.1 Å². The van der Waals surface area contributed by atoms with E-state index < -0.39 is 18.1 Å². The molecule has 1 aromatic rings. The van der Waals surface area contributed by atoms with Gasteiger partial charge in [-0.05, 0) is 31.2 Å². The van der Waals surface area contributed by atoms with Crippen molar-refractivity contribution in [2.24, 2.45) is 0 Å². The number of halogens is 1. The van der Waals surface area contributed by atoms with E-state index in [0.29, 0.717) is 12.4 Å². The fraction of sp³-hybridized carbons (Fsp3) is 0.429. The van der Waals surface area contributed by atoms with E-state index in [9.17, 15) is 9.59 Å². The molecule has 0 saturated carbocycles. The number of morpholine rings is 1. The Hall–Kier alpha value is -1.60. The highest BCUT2D eigenvalue weighted by molar-refractivity contribution is 9.10. The van der Waals surface area contributed by atoms with Gasteiger partial charge in [-0.1, -0.05) is 15.9 Å². The van der Waals surface area contributed by atoms with Gasteiger partial charge in [-0.2, -0.15) is 0 Å². The van der Waals surface area contributed by atoms with Crippen molar-refractivity contribution in [1.29, 1.82) is 0 Å². The van der Waals surface area contributed by atoms with E-state index in [2.05, 4.69) is 15.9 Å². The maximum Gasteiger partial charge on any atom is 0.328 e. The Bertz CT molecular complexity index is 519. The molecule has 7 heteroatoms. The van der Waals surface area contributed by atoms with Crippen LogP contribution in [0.4, 0.5) is 0 Å². The Labute approximate surface area is 130 Å².